The Labute approximate surface area is 202 Å². The van der Waals surface area contributed by atoms with Crippen LogP contribution < -0.4 is 4.74 Å². The van der Waals surface area contributed by atoms with Crippen LogP contribution in [0.3, 0.4) is 0 Å². The minimum Gasteiger partial charge on any atom is -0.406 e. The summed E-state index contributed by atoms with van der Waals surface area (Å²) in [6.07, 6.45) is 10.1. The molecule has 3 atom stereocenters. The van der Waals surface area contributed by atoms with E-state index in [2.05, 4.69) is 41.7 Å². The number of alkyl halides is 3. The van der Waals surface area contributed by atoms with Gasteiger partial charge in [0.1, 0.15) is 5.75 Å². The Morgan fingerprint density at radius 1 is 0.882 bits per heavy atom. The number of benzene rings is 2. The van der Waals surface area contributed by atoms with Crippen LogP contribution in [0, 0.1) is 23.7 Å². The van der Waals surface area contributed by atoms with Gasteiger partial charge in [-0.15, -0.1) is 13.2 Å². The molecule has 3 unspecified atom stereocenters. The zero-order valence-electron chi connectivity index (χ0n) is 20.1. The van der Waals surface area contributed by atoms with Crippen LogP contribution in [-0.2, 0) is 6.42 Å². The molecule has 34 heavy (non-hydrogen) atoms. The van der Waals surface area contributed by atoms with Gasteiger partial charge in [0.05, 0.1) is 0 Å². The van der Waals surface area contributed by atoms with Gasteiger partial charge in [-0.25, -0.2) is 0 Å². The molecule has 1 nitrogen and oxygen atoms in total. The molecule has 0 heterocycles. The molecule has 2 aromatic carbocycles. The van der Waals surface area contributed by atoms with Gasteiger partial charge in [0, 0.05) is 11.1 Å². The Morgan fingerprint density at radius 2 is 1.62 bits per heavy atom. The summed E-state index contributed by atoms with van der Waals surface area (Å²) in [5.41, 5.74) is 4.59. The van der Waals surface area contributed by atoms with Crippen molar-refractivity contribution in [1.82, 2.24) is 0 Å². The van der Waals surface area contributed by atoms with E-state index in [4.69, 9.17) is 0 Å². The Hall–Kier alpha value is -2.41. The van der Waals surface area contributed by atoms with Crippen LogP contribution in [0.15, 0.2) is 42.5 Å². The lowest BCUT2D eigenvalue weighted by atomic mass is 9.64. The topological polar surface area (TPSA) is 9.23 Å². The maximum atomic E-state index is 12.3. The van der Waals surface area contributed by atoms with E-state index in [0.717, 1.165) is 23.8 Å². The molecule has 0 N–H and O–H groups in total. The summed E-state index contributed by atoms with van der Waals surface area (Å²) in [7, 11) is 0. The molecule has 0 bridgehead atoms. The molecule has 2 aliphatic carbocycles. The second-order valence-corrected chi connectivity index (χ2v) is 10.0. The van der Waals surface area contributed by atoms with Crippen molar-refractivity contribution >= 4 is 0 Å². The Kier molecular flexibility index (Phi) is 8.24. The van der Waals surface area contributed by atoms with E-state index in [1.807, 2.05) is 0 Å². The van der Waals surface area contributed by atoms with Crippen molar-refractivity contribution in [2.75, 3.05) is 0 Å². The van der Waals surface area contributed by atoms with E-state index in [1.54, 1.807) is 12.1 Å². The Bertz CT molecular complexity index is 996. The number of unbranched alkanes of at least 4 members (excludes halogenated alkanes) is 4. The van der Waals surface area contributed by atoms with Crippen LogP contribution in [0.5, 0.6) is 5.75 Å². The summed E-state index contributed by atoms with van der Waals surface area (Å²) in [5.74, 6) is 8.46. The van der Waals surface area contributed by atoms with Gasteiger partial charge in [0.15, 0.2) is 0 Å². The van der Waals surface area contributed by atoms with Crippen molar-refractivity contribution in [2.24, 2.45) is 11.8 Å². The number of aryl methyl sites for hydroxylation is 1. The van der Waals surface area contributed by atoms with Crippen molar-refractivity contribution < 1.29 is 17.9 Å². The van der Waals surface area contributed by atoms with Crippen molar-refractivity contribution in [3.63, 3.8) is 0 Å². The monoisotopic (exact) mass is 468 g/mol. The molecule has 0 radical (unpaired) electrons. The van der Waals surface area contributed by atoms with Crippen LogP contribution in [0.2, 0.25) is 0 Å². The normalized spacial score (nSPS) is 21.7. The first kappa shape index (κ1) is 24.7. The quantitative estimate of drug-likeness (QED) is 0.291. The lowest BCUT2D eigenvalue weighted by molar-refractivity contribution is -0.274. The number of hydrogen-bond donors (Lipinski definition) is 0. The van der Waals surface area contributed by atoms with Gasteiger partial charge >= 0.3 is 6.36 Å². The third-order valence-electron chi connectivity index (χ3n) is 7.57. The minimum atomic E-state index is -4.68. The van der Waals surface area contributed by atoms with Gasteiger partial charge in [-0.1, -0.05) is 63.4 Å². The molecule has 0 aliphatic heterocycles. The van der Waals surface area contributed by atoms with Gasteiger partial charge in [0.25, 0.3) is 0 Å². The molecule has 1 saturated carbocycles. The number of halogens is 3. The maximum absolute atomic E-state index is 12.3. The van der Waals surface area contributed by atoms with Gasteiger partial charge in [-0.3, -0.25) is 0 Å². The Balaban J connectivity index is 1.34. The van der Waals surface area contributed by atoms with Crippen LogP contribution in [0.4, 0.5) is 13.2 Å². The smallest absolute Gasteiger partial charge is 0.406 e. The van der Waals surface area contributed by atoms with Crippen LogP contribution in [-0.4, -0.2) is 6.36 Å². The van der Waals surface area contributed by atoms with E-state index < -0.39 is 6.36 Å². The molecule has 4 rings (SSSR count). The van der Waals surface area contributed by atoms with Crippen molar-refractivity contribution in [3.05, 3.63) is 64.7 Å². The first-order valence-corrected chi connectivity index (χ1v) is 12.9. The molecular weight excluding hydrogens is 433 g/mol. The van der Waals surface area contributed by atoms with Crippen molar-refractivity contribution in [3.8, 4) is 17.6 Å². The van der Waals surface area contributed by atoms with E-state index >= 15 is 0 Å². The molecular formula is C30H35F3O. The minimum absolute atomic E-state index is 0.229. The summed E-state index contributed by atoms with van der Waals surface area (Å²) in [4.78, 5) is 0. The van der Waals surface area contributed by atoms with E-state index in [-0.39, 0.29) is 5.75 Å². The second kappa shape index (κ2) is 11.3. The highest BCUT2D eigenvalue weighted by molar-refractivity contribution is 5.48. The number of rotatable bonds is 7. The predicted octanol–water partition coefficient (Wildman–Crippen LogP) is 8.79. The first-order chi connectivity index (χ1) is 16.4. The second-order valence-electron chi connectivity index (χ2n) is 10.0. The standard InChI is InChI=1S/C30H35F3O/c1-2-3-4-5-6-7-23-12-18-28-25(20-23)14-15-26-21-24(13-19-29(26)28)9-8-22-10-16-27(17-11-22)34-30(31,32)33/h10-11,13,16-17,19,21,23,25,28H,2-7,12,14-15,18,20H2,1H3. The first-order valence-electron chi connectivity index (χ1n) is 12.9. The molecule has 0 aromatic heterocycles. The average Bonchev–Trinajstić information content (AvgIpc) is 2.82. The third-order valence-corrected chi connectivity index (χ3v) is 7.57. The molecule has 1 fully saturated rings. The predicted molar refractivity (Wildman–Crippen MR) is 131 cm³/mol. The summed E-state index contributed by atoms with van der Waals surface area (Å²) >= 11 is 0. The summed E-state index contributed by atoms with van der Waals surface area (Å²) in [5, 5.41) is 0. The molecule has 182 valence electrons. The third kappa shape index (κ3) is 6.81. The highest BCUT2D eigenvalue weighted by Gasteiger charge is 2.35. The van der Waals surface area contributed by atoms with E-state index in [0.29, 0.717) is 11.5 Å². The molecule has 0 spiro atoms. The lowest BCUT2D eigenvalue weighted by Gasteiger charge is -2.40. The maximum Gasteiger partial charge on any atom is 0.573 e. The molecule has 0 amide bonds. The van der Waals surface area contributed by atoms with Crippen LogP contribution >= 0.6 is 0 Å². The summed E-state index contributed by atoms with van der Waals surface area (Å²) in [6, 6.07) is 12.3. The molecule has 4 heteroatoms. The number of fused-ring (bicyclic) bond motifs is 3. The summed E-state index contributed by atoms with van der Waals surface area (Å²) in [6.45, 7) is 2.27. The van der Waals surface area contributed by atoms with Crippen LogP contribution in [0.1, 0.15) is 99.3 Å². The fraction of sp³-hybridized carbons (Fsp3) is 0.533. The zero-order chi connectivity index (χ0) is 24.0. The van der Waals surface area contributed by atoms with Crippen molar-refractivity contribution in [1.29, 1.82) is 0 Å². The van der Waals surface area contributed by atoms with E-state index in [9.17, 15) is 13.2 Å². The molecule has 2 aromatic rings. The van der Waals surface area contributed by atoms with E-state index in [1.165, 1.54) is 87.5 Å². The SMILES string of the molecule is CCCCCCCC1CCC2c3ccc(C#Cc4ccc(OC(F)(F)F)cc4)cc3CCC2C1. The number of hydrogen-bond acceptors (Lipinski definition) is 1. The fourth-order valence-electron chi connectivity index (χ4n) is 5.88. The van der Waals surface area contributed by atoms with Crippen molar-refractivity contribution in [2.45, 2.75) is 89.8 Å². The molecule has 0 saturated heterocycles. The number of ether oxygens (including phenoxy) is 1. The highest BCUT2D eigenvalue weighted by Crippen LogP contribution is 2.48. The fourth-order valence-corrected chi connectivity index (χ4v) is 5.88. The Morgan fingerprint density at radius 3 is 2.38 bits per heavy atom. The van der Waals surface area contributed by atoms with Gasteiger partial charge in [-0.2, -0.15) is 0 Å². The van der Waals surface area contributed by atoms with Gasteiger partial charge < -0.3 is 4.74 Å². The van der Waals surface area contributed by atoms with Gasteiger partial charge in [0.2, 0.25) is 0 Å². The molecule has 2 aliphatic rings. The lowest BCUT2D eigenvalue weighted by Crippen LogP contribution is -2.28. The largest absolute Gasteiger partial charge is 0.573 e. The zero-order valence-corrected chi connectivity index (χ0v) is 20.1. The van der Waals surface area contributed by atoms with Crippen LogP contribution in [0.25, 0.3) is 0 Å². The average molecular weight is 469 g/mol. The van der Waals surface area contributed by atoms with Gasteiger partial charge in [-0.05, 0) is 97.4 Å². The summed E-state index contributed by atoms with van der Waals surface area (Å²) < 4.78 is 40.8. The highest BCUT2D eigenvalue weighted by atomic mass is 19.4.